The normalized spacial score (nSPS) is 10.8. The van der Waals surface area contributed by atoms with Crippen molar-refractivity contribution in [1.82, 2.24) is 9.88 Å². The van der Waals surface area contributed by atoms with Gasteiger partial charge in [0.2, 0.25) is 5.91 Å². The van der Waals surface area contributed by atoms with Crippen LogP contribution in [0.15, 0.2) is 36.5 Å². The lowest BCUT2D eigenvalue weighted by atomic mass is 10.2. The molecule has 0 aliphatic heterocycles. The van der Waals surface area contributed by atoms with Crippen molar-refractivity contribution in [1.29, 1.82) is 0 Å². The maximum atomic E-state index is 12.8. The highest BCUT2D eigenvalue weighted by molar-refractivity contribution is 6.36. The molecule has 0 bridgehead atoms. The van der Waals surface area contributed by atoms with Gasteiger partial charge in [0, 0.05) is 12.7 Å². The maximum absolute atomic E-state index is 12.8. The van der Waals surface area contributed by atoms with E-state index < -0.39 is 0 Å². The van der Waals surface area contributed by atoms with Crippen LogP contribution in [0.25, 0.3) is 0 Å². The second-order valence-electron chi connectivity index (χ2n) is 4.83. The van der Waals surface area contributed by atoms with Crippen LogP contribution in [0.2, 0.25) is 10.0 Å². The van der Waals surface area contributed by atoms with Crippen molar-refractivity contribution < 1.29 is 9.18 Å². The van der Waals surface area contributed by atoms with Gasteiger partial charge >= 0.3 is 0 Å². The number of carbonyl (C=O) groups is 1. The Labute approximate surface area is 137 Å². The van der Waals surface area contributed by atoms with Crippen LogP contribution in [-0.2, 0) is 11.3 Å². The van der Waals surface area contributed by atoms with Gasteiger partial charge in [0.15, 0.2) is 5.82 Å². The van der Waals surface area contributed by atoms with Gasteiger partial charge in [-0.1, -0.05) is 35.3 Å². The van der Waals surface area contributed by atoms with E-state index in [1.54, 1.807) is 24.1 Å². The second kappa shape index (κ2) is 7.54. The molecule has 0 aliphatic carbocycles. The second-order valence-corrected chi connectivity index (χ2v) is 5.67. The quantitative estimate of drug-likeness (QED) is 0.903. The Morgan fingerprint density at radius 1 is 1.32 bits per heavy atom. The highest BCUT2D eigenvalue weighted by Crippen LogP contribution is 2.22. The number of anilines is 1. The minimum atomic E-state index is -0.285. The first-order valence-electron chi connectivity index (χ1n) is 6.48. The topological polar surface area (TPSA) is 45.2 Å². The van der Waals surface area contributed by atoms with Gasteiger partial charge in [0.05, 0.1) is 16.6 Å². The van der Waals surface area contributed by atoms with Crippen LogP contribution in [0.5, 0.6) is 0 Å². The fraction of sp³-hybridized carbons (Fsp3) is 0.200. The number of carbonyl (C=O) groups excluding carboxylic acids is 1. The van der Waals surface area contributed by atoms with Crippen LogP contribution < -0.4 is 5.32 Å². The molecule has 0 saturated heterocycles. The third kappa shape index (κ3) is 4.94. The van der Waals surface area contributed by atoms with Gasteiger partial charge in [-0.15, -0.1) is 0 Å². The average molecular weight is 342 g/mol. The van der Waals surface area contributed by atoms with Crippen LogP contribution in [0.1, 0.15) is 5.56 Å². The zero-order valence-corrected chi connectivity index (χ0v) is 13.3. The van der Waals surface area contributed by atoms with Crippen molar-refractivity contribution in [2.24, 2.45) is 0 Å². The molecule has 0 aliphatic rings. The highest BCUT2D eigenvalue weighted by atomic mass is 35.5. The number of amides is 1. The fourth-order valence-corrected chi connectivity index (χ4v) is 2.31. The summed E-state index contributed by atoms with van der Waals surface area (Å²) in [7, 11) is 1.79. The Bertz CT molecular complexity index is 664. The molecule has 116 valence electrons. The van der Waals surface area contributed by atoms with Gasteiger partial charge in [-0.2, -0.15) is 0 Å². The molecular formula is C15H14Cl2FN3O. The molecule has 0 radical (unpaired) electrons. The largest absolute Gasteiger partial charge is 0.308 e. The number of benzene rings is 1. The minimum Gasteiger partial charge on any atom is -0.308 e. The van der Waals surface area contributed by atoms with Gasteiger partial charge in [0.1, 0.15) is 5.82 Å². The van der Waals surface area contributed by atoms with E-state index >= 15 is 0 Å². The molecule has 2 aromatic rings. The summed E-state index contributed by atoms with van der Waals surface area (Å²) < 4.78 is 12.8. The third-order valence-corrected chi connectivity index (χ3v) is 3.34. The zero-order valence-electron chi connectivity index (χ0n) is 11.8. The molecule has 2 rings (SSSR count). The van der Waals surface area contributed by atoms with Crippen LogP contribution in [0, 0.1) is 5.82 Å². The SMILES string of the molecule is CN(CC(=O)Nc1ncc(Cl)cc1Cl)Cc1ccc(F)cc1. The Kier molecular flexibility index (Phi) is 5.71. The molecule has 0 atom stereocenters. The first kappa shape index (κ1) is 16.7. The number of rotatable bonds is 5. The van der Waals surface area contributed by atoms with Crippen LogP contribution in [0.4, 0.5) is 10.2 Å². The molecule has 1 heterocycles. The zero-order chi connectivity index (χ0) is 16.1. The molecule has 1 amide bonds. The van der Waals surface area contributed by atoms with Crippen LogP contribution in [-0.4, -0.2) is 29.4 Å². The number of halogens is 3. The monoisotopic (exact) mass is 341 g/mol. The first-order valence-corrected chi connectivity index (χ1v) is 7.23. The van der Waals surface area contributed by atoms with Gasteiger partial charge in [-0.25, -0.2) is 9.37 Å². The number of hydrogen-bond donors (Lipinski definition) is 1. The van der Waals surface area contributed by atoms with Gasteiger partial charge in [-0.05, 0) is 30.8 Å². The summed E-state index contributed by atoms with van der Waals surface area (Å²) in [6.07, 6.45) is 1.41. The summed E-state index contributed by atoms with van der Waals surface area (Å²) in [4.78, 5) is 17.7. The number of nitrogens with one attached hydrogen (secondary N) is 1. The van der Waals surface area contributed by atoms with Gasteiger partial charge in [0.25, 0.3) is 0 Å². The molecule has 7 heteroatoms. The number of hydrogen-bond acceptors (Lipinski definition) is 3. The van der Waals surface area contributed by atoms with E-state index in [1.165, 1.54) is 24.4 Å². The molecule has 1 aromatic carbocycles. The number of likely N-dealkylation sites (N-methyl/N-ethyl adjacent to an activating group) is 1. The molecule has 1 aromatic heterocycles. The smallest absolute Gasteiger partial charge is 0.239 e. The molecular weight excluding hydrogens is 328 g/mol. The van der Waals surface area contributed by atoms with Crippen LogP contribution >= 0.6 is 23.2 Å². The summed E-state index contributed by atoms with van der Waals surface area (Å²) in [5.41, 5.74) is 0.916. The third-order valence-electron chi connectivity index (χ3n) is 2.84. The van der Waals surface area contributed by atoms with E-state index in [9.17, 15) is 9.18 Å². The van der Waals surface area contributed by atoms with Gasteiger partial charge < -0.3 is 5.32 Å². The predicted octanol–water partition coefficient (Wildman–Crippen LogP) is 3.60. The van der Waals surface area contributed by atoms with E-state index in [-0.39, 0.29) is 29.1 Å². The highest BCUT2D eigenvalue weighted by Gasteiger charge is 2.11. The Morgan fingerprint density at radius 2 is 2.00 bits per heavy atom. The molecule has 0 saturated carbocycles. The Morgan fingerprint density at radius 3 is 2.64 bits per heavy atom. The van der Waals surface area contributed by atoms with E-state index in [0.717, 1.165) is 5.56 Å². The molecule has 0 spiro atoms. The van der Waals surface area contributed by atoms with Crippen molar-refractivity contribution in [2.75, 3.05) is 18.9 Å². The predicted molar refractivity (Wildman–Crippen MR) is 85.6 cm³/mol. The molecule has 4 nitrogen and oxygen atoms in total. The fourth-order valence-electron chi connectivity index (χ4n) is 1.88. The maximum Gasteiger partial charge on any atom is 0.239 e. The van der Waals surface area contributed by atoms with E-state index in [1.807, 2.05) is 0 Å². The first-order chi connectivity index (χ1) is 10.4. The van der Waals surface area contributed by atoms with E-state index in [0.29, 0.717) is 11.6 Å². The van der Waals surface area contributed by atoms with Crippen molar-refractivity contribution in [3.8, 4) is 0 Å². The number of aromatic nitrogens is 1. The summed E-state index contributed by atoms with van der Waals surface area (Å²) in [6.45, 7) is 0.674. The standard InChI is InChI=1S/C15H14Cl2FN3O/c1-21(8-10-2-4-12(18)5-3-10)9-14(22)20-15-13(17)6-11(16)7-19-15/h2-7H,8-9H2,1H3,(H,19,20,22). The number of nitrogens with zero attached hydrogens (tertiary/aromatic N) is 2. The minimum absolute atomic E-state index is 0.151. The summed E-state index contributed by atoms with van der Waals surface area (Å²) in [6, 6.07) is 7.65. The molecule has 1 N–H and O–H groups in total. The van der Waals surface area contributed by atoms with Crippen molar-refractivity contribution in [2.45, 2.75) is 6.54 Å². The van der Waals surface area contributed by atoms with Crippen molar-refractivity contribution in [3.05, 3.63) is 58.0 Å². The van der Waals surface area contributed by atoms with Gasteiger partial charge in [-0.3, -0.25) is 9.69 Å². The molecule has 0 fully saturated rings. The Hall–Kier alpha value is -1.69. The lowest BCUT2D eigenvalue weighted by Gasteiger charge is -2.16. The molecule has 22 heavy (non-hydrogen) atoms. The van der Waals surface area contributed by atoms with E-state index in [4.69, 9.17) is 23.2 Å². The lowest BCUT2D eigenvalue weighted by molar-refractivity contribution is -0.117. The number of pyridine rings is 1. The summed E-state index contributed by atoms with van der Waals surface area (Å²) >= 11 is 11.7. The van der Waals surface area contributed by atoms with E-state index in [2.05, 4.69) is 10.3 Å². The lowest BCUT2D eigenvalue weighted by Crippen LogP contribution is -2.30. The van der Waals surface area contributed by atoms with Crippen molar-refractivity contribution in [3.63, 3.8) is 0 Å². The van der Waals surface area contributed by atoms with Crippen LogP contribution in [0.3, 0.4) is 0 Å². The molecule has 0 unspecified atom stereocenters. The Balaban J connectivity index is 1.89. The summed E-state index contributed by atoms with van der Waals surface area (Å²) in [5.74, 6) is -0.264. The summed E-state index contributed by atoms with van der Waals surface area (Å²) in [5, 5.41) is 3.30. The average Bonchev–Trinajstić information content (AvgIpc) is 2.44. The van der Waals surface area contributed by atoms with Crippen molar-refractivity contribution >= 4 is 34.9 Å².